The van der Waals surface area contributed by atoms with Gasteiger partial charge in [-0.1, -0.05) is 48.6 Å². The van der Waals surface area contributed by atoms with Crippen LogP contribution in [-0.4, -0.2) is 23.9 Å². The molecule has 1 aliphatic heterocycles. The van der Waals surface area contributed by atoms with E-state index in [9.17, 15) is 9.59 Å². The average molecular weight is 366 g/mol. The van der Waals surface area contributed by atoms with Crippen molar-refractivity contribution >= 4 is 38.5 Å². The maximum Gasteiger partial charge on any atom is 0.239 e. The number of amides is 2. The van der Waals surface area contributed by atoms with E-state index in [1.54, 1.807) is 7.11 Å². The zero-order chi connectivity index (χ0) is 18.3. The van der Waals surface area contributed by atoms with Crippen LogP contribution in [0.2, 0.25) is 0 Å². The van der Waals surface area contributed by atoms with E-state index in [4.69, 9.17) is 4.74 Å². The number of aromatic nitrogens is 1. The molecule has 26 heavy (non-hydrogen) atoms. The van der Waals surface area contributed by atoms with Crippen molar-refractivity contribution < 1.29 is 14.3 Å². The van der Waals surface area contributed by atoms with E-state index in [0.717, 1.165) is 21.5 Å². The minimum Gasteiger partial charge on any atom is -0.497 e. The second-order valence-corrected chi connectivity index (χ2v) is 7.42. The summed E-state index contributed by atoms with van der Waals surface area (Å²) in [5.74, 6) is -0.00732. The molecule has 2 heterocycles. The molecular formula is C20H18N2O3S. The topological polar surface area (TPSA) is 59.5 Å². The van der Waals surface area contributed by atoms with E-state index in [2.05, 4.69) is 4.98 Å². The van der Waals surface area contributed by atoms with Gasteiger partial charge in [0.05, 0.1) is 23.2 Å². The number of carbonyl (C=O) groups is 2. The summed E-state index contributed by atoms with van der Waals surface area (Å²) in [7, 11) is 1.60. The van der Waals surface area contributed by atoms with Gasteiger partial charge in [-0.2, -0.15) is 0 Å². The first kappa shape index (κ1) is 16.7. The first-order chi connectivity index (χ1) is 12.6. The number of hydrogen-bond acceptors (Lipinski definition) is 5. The standard InChI is InChI=1S/C20H18N2O3S/c1-12(13-6-4-3-5-7-13)15-11-18(23)22(19(15)24)20-21-16-9-8-14(25-2)10-17(16)26-20/h3-10,12,15H,11H2,1-2H3/t12-,15-/m1/s1. The second kappa shape index (κ2) is 6.53. The van der Waals surface area contributed by atoms with Crippen LogP contribution in [0.1, 0.15) is 24.8 Å². The van der Waals surface area contributed by atoms with Crippen LogP contribution in [-0.2, 0) is 9.59 Å². The summed E-state index contributed by atoms with van der Waals surface area (Å²) in [6.07, 6.45) is 0.216. The molecule has 0 saturated carbocycles. The molecule has 5 nitrogen and oxygen atoms in total. The minimum absolute atomic E-state index is 0.0212. The van der Waals surface area contributed by atoms with Crippen molar-refractivity contribution in [3.8, 4) is 5.75 Å². The number of anilines is 1. The Hall–Kier alpha value is -2.73. The van der Waals surface area contributed by atoms with Crippen LogP contribution < -0.4 is 9.64 Å². The molecule has 2 amide bonds. The molecular weight excluding hydrogens is 348 g/mol. The van der Waals surface area contributed by atoms with E-state index in [0.29, 0.717) is 5.13 Å². The summed E-state index contributed by atoms with van der Waals surface area (Å²) in [6, 6.07) is 15.4. The van der Waals surface area contributed by atoms with E-state index in [-0.39, 0.29) is 30.1 Å². The SMILES string of the molecule is COc1ccc2nc(N3C(=O)C[C@H]([C@H](C)c4ccccc4)C3=O)sc2c1. The van der Waals surface area contributed by atoms with Gasteiger partial charge < -0.3 is 4.74 Å². The highest BCUT2D eigenvalue weighted by Gasteiger charge is 2.43. The predicted octanol–water partition coefficient (Wildman–Crippen LogP) is 3.99. The van der Waals surface area contributed by atoms with E-state index in [1.807, 2.05) is 55.5 Å². The van der Waals surface area contributed by atoms with Crippen molar-refractivity contribution in [2.24, 2.45) is 5.92 Å². The van der Waals surface area contributed by atoms with Crippen LogP contribution in [0.4, 0.5) is 5.13 Å². The van der Waals surface area contributed by atoms with Crippen molar-refractivity contribution in [1.82, 2.24) is 4.98 Å². The third-order valence-electron chi connectivity index (χ3n) is 4.89. The lowest BCUT2D eigenvalue weighted by Gasteiger charge is -2.18. The van der Waals surface area contributed by atoms with Crippen LogP contribution in [0, 0.1) is 5.92 Å². The van der Waals surface area contributed by atoms with E-state index >= 15 is 0 Å². The quantitative estimate of drug-likeness (QED) is 0.655. The Labute approximate surface area is 155 Å². The number of hydrogen-bond donors (Lipinski definition) is 0. The summed E-state index contributed by atoms with van der Waals surface area (Å²) < 4.78 is 6.12. The number of thiazole rings is 1. The molecule has 1 fully saturated rings. The van der Waals surface area contributed by atoms with Crippen LogP contribution in [0.3, 0.4) is 0 Å². The maximum absolute atomic E-state index is 13.0. The minimum atomic E-state index is -0.355. The Balaban J connectivity index is 1.65. The zero-order valence-corrected chi connectivity index (χ0v) is 15.3. The summed E-state index contributed by atoms with van der Waals surface area (Å²) in [5, 5.41) is 0.436. The van der Waals surface area contributed by atoms with Gasteiger partial charge >= 0.3 is 0 Å². The summed E-state index contributed by atoms with van der Waals surface area (Å²) in [5.41, 5.74) is 1.82. The van der Waals surface area contributed by atoms with Crippen LogP contribution in [0.15, 0.2) is 48.5 Å². The maximum atomic E-state index is 13.0. The molecule has 2 atom stereocenters. The highest BCUT2D eigenvalue weighted by Crippen LogP contribution is 2.39. The first-order valence-electron chi connectivity index (χ1n) is 8.45. The van der Waals surface area contributed by atoms with Gasteiger partial charge in [-0.3, -0.25) is 9.59 Å². The van der Waals surface area contributed by atoms with Gasteiger partial charge in [-0.25, -0.2) is 9.88 Å². The number of carbonyl (C=O) groups excluding carboxylic acids is 2. The Bertz CT molecular complexity index is 983. The van der Waals surface area contributed by atoms with Crippen LogP contribution in [0.5, 0.6) is 5.75 Å². The largest absolute Gasteiger partial charge is 0.497 e. The van der Waals surface area contributed by atoms with Crippen molar-refractivity contribution in [1.29, 1.82) is 0 Å². The number of ether oxygens (including phenoxy) is 1. The Morgan fingerprint density at radius 3 is 2.69 bits per heavy atom. The highest BCUT2D eigenvalue weighted by molar-refractivity contribution is 7.22. The summed E-state index contributed by atoms with van der Waals surface area (Å²) in [4.78, 5) is 31.3. The monoisotopic (exact) mass is 366 g/mol. The molecule has 2 aromatic carbocycles. The fourth-order valence-electron chi connectivity index (χ4n) is 3.35. The van der Waals surface area contributed by atoms with E-state index < -0.39 is 0 Å². The number of benzene rings is 2. The van der Waals surface area contributed by atoms with Crippen molar-refractivity contribution in [2.45, 2.75) is 19.3 Å². The Morgan fingerprint density at radius 2 is 1.96 bits per heavy atom. The van der Waals surface area contributed by atoms with Crippen molar-refractivity contribution in [3.63, 3.8) is 0 Å². The van der Waals surface area contributed by atoms with Gasteiger partial charge in [0.15, 0.2) is 5.13 Å². The van der Waals surface area contributed by atoms with Gasteiger partial charge in [0.1, 0.15) is 5.75 Å². The first-order valence-corrected chi connectivity index (χ1v) is 9.26. The van der Waals surface area contributed by atoms with Gasteiger partial charge in [0.2, 0.25) is 11.8 Å². The highest BCUT2D eigenvalue weighted by atomic mass is 32.1. The van der Waals surface area contributed by atoms with Gasteiger partial charge in [0, 0.05) is 6.42 Å². The number of fused-ring (bicyclic) bond motifs is 1. The molecule has 3 aromatic rings. The lowest BCUT2D eigenvalue weighted by molar-refractivity contribution is -0.122. The number of methoxy groups -OCH3 is 1. The number of nitrogens with zero attached hydrogens (tertiary/aromatic N) is 2. The Kier molecular flexibility index (Phi) is 4.20. The van der Waals surface area contributed by atoms with Gasteiger partial charge in [-0.15, -0.1) is 0 Å². The third-order valence-corrected chi connectivity index (χ3v) is 5.89. The lowest BCUT2D eigenvalue weighted by atomic mass is 9.86. The molecule has 0 spiro atoms. The molecule has 1 aliphatic rings. The molecule has 0 unspecified atom stereocenters. The van der Waals surface area contributed by atoms with Crippen molar-refractivity contribution in [2.75, 3.05) is 12.0 Å². The number of imide groups is 1. The molecule has 6 heteroatoms. The average Bonchev–Trinajstić information content (AvgIpc) is 3.20. The van der Waals surface area contributed by atoms with Gasteiger partial charge in [0.25, 0.3) is 0 Å². The zero-order valence-electron chi connectivity index (χ0n) is 14.5. The second-order valence-electron chi connectivity index (χ2n) is 6.41. The van der Waals surface area contributed by atoms with Crippen LogP contribution >= 0.6 is 11.3 Å². The fourth-order valence-corrected chi connectivity index (χ4v) is 4.37. The molecule has 1 saturated heterocycles. The molecule has 1 aromatic heterocycles. The lowest BCUT2D eigenvalue weighted by Crippen LogP contribution is -2.31. The molecule has 0 bridgehead atoms. The predicted molar refractivity (Wildman–Crippen MR) is 102 cm³/mol. The normalized spacial score (nSPS) is 18.5. The van der Waals surface area contributed by atoms with E-state index in [1.165, 1.54) is 16.2 Å². The number of rotatable bonds is 4. The van der Waals surface area contributed by atoms with Crippen LogP contribution in [0.25, 0.3) is 10.2 Å². The molecule has 0 N–H and O–H groups in total. The van der Waals surface area contributed by atoms with Gasteiger partial charge in [-0.05, 0) is 29.7 Å². The summed E-state index contributed by atoms with van der Waals surface area (Å²) in [6.45, 7) is 2.00. The molecule has 0 radical (unpaired) electrons. The summed E-state index contributed by atoms with van der Waals surface area (Å²) >= 11 is 1.33. The molecule has 132 valence electrons. The molecule has 0 aliphatic carbocycles. The fraction of sp³-hybridized carbons (Fsp3) is 0.250. The van der Waals surface area contributed by atoms with Crippen molar-refractivity contribution in [3.05, 3.63) is 54.1 Å². The Morgan fingerprint density at radius 1 is 1.19 bits per heavy atom. The smallest absolute Gasteiger partial charge is 0.239 e. The third kappa shape index (κ3) is 2.76. The molecule has 4 rings (SSSR count).